The van der Waals surface area contributed by atoms with Crippen molar-refractivity contribution in [2.24, 2.45) is 17.3 Å². The van der Waals surface area contributed by atoms with Crippen LogP contribution in [0, 0.1) is 27.4 Å². The number of β-lactam (4-membered cyclic amide) rings is 1. The minimum Gasteiger partial charge on any atom is -0.427 e. The van der Waals surface area contributed by atoms with Crippen LogP contribution in [-0.4, -0.2) is 50.6 Å². The minimum atomic E-state index is -0.767. The van der Waals surface area contributed by atoms with Gasteiger partial charge in [0.1, 0.15) is 6.04 Å². The molecule has 9 nitrogen and oxygen atoms in total. The number of nitro groups is 1. The lowest BCUT2D eigenvalue weighted by Crippen LogP contribution is -2.64. The summed E-state index contributed by atoms with van der Waals surface area (Å²) in [5.41, 5.74) is 0.235. The van der Waals surface area contributed by atoms with Gasteiger partial charge in [-0.1, -0.05) is 19.1 Å². The topological polar surface area (TPSA) is 116 Å². The molecule has 33 heavy (non-hydrogen) atoms. The van der Waals surface area contributed by atoms with Gasteiger partial charge in [0, 0.05) is 16.9 Å². The molecule has 0 saturated carbocycles. The maximum atomic E-state index is 13.1. The van der Waals surface area contributed by atoms with Crippen LogP contribution in [0.25, 0.3) is 0 Å². The van der Waals surface area contributed by atoms with E-state index < -0.39 is 39.9 Å². The molecule has 0 spiro atoms. The molecule has 1 aromatic rings. The molecular weight excluding hydrogens is 448 g/mol. The Labute approximate surface area is 197 Å². The van der Waals surface area contributed by atoms with Crippen LogP contribution in [-0.2, 0) is 30.3 Å². The number of nitro benzene ring substituents is 1. The first-order chi connectivity index (χ1) is 15.2. The first-order valence-electron chi connectivity index (χ1n) is 10.8. The van der Waals surface area contributed by atoms with E-state index >= 15 is 0 Å². The van der Waals surface area contributed by atoms with Gasteiger partial charge in [0.15, 0.2) is 0 Å². The average Bonchev–Trinajstić information content (AvgIpc) is 2.94. The first-order valence-corrected chi connectivity index (χ1v) is 11.7. The Bertz CT molecular complexity index is 955. The highest BCUT2D eigenvalue weighted by molar-refractivity contribution is 8.01. The fourth-order valence-corrected chi connectivity index (χ4v) is 6.07. The van der Waals surface area contributed by atoms with E-state index in [0.29, 0.717) is 6.42 Å². The van der Waals surface area contributed by atoms with Gasteiger partial charge >= 0.3 is 11.9 Å². The molecule has 2 saturated heterocycles. The molecule has 1 amide bonds. The van der Waals surface area contributed by atoms with Crippen molar-refractivity contribution in [2.75, 3.05) is 6.79 Å². The highest BCUT2D eigenvalue weighted by atomic mass is 32.2. The van der Waals surface area contributed by atoms with E-state index in [1.165, 1.54) is 12.1 Å². The summed E-state index contributed by atoms with van der Waals surface area (Å²) in [5.74, 6) is -1.45. The van der Waals surface area contributed by atoms with Gasteiger partial charge in [0.05, 0.1) is 21.6 Å². The summed E-state index contributed by atoms with van der Waals surface area (Å²) in [7, 11) is 0. The lowest BCUT2D eigenvalue weighted by molar-refractivity contribution is -0.384. The maximum absolute atomic E-state index is 13.1. The van der Waals surface area contributed by atoms with Crippen LogP contribution in [0.2, 0.25) is 0 Å². The standard InChI is InChI=1S/C23H30N2O7S/c1-13(11-14-7-9-15(10-8-14)25(29)30)16-18(26)24-17(23(5,6)33-19(16)24)20(27)31-12-32-21(28)22(2,3)4/h7-10,13,16-17,19H,11-12H2,1-6H3/t13?,16-,17-,19+/m0/s1. The number of nitrogens with zero attached hydrogens (tertiary/aromatic N) is 2. The number of fused-ring (bicyclic) bond motifs is 1. The highest BCUT2D eigenvalue weighted by Gasteiger charge is 2.64. The van der Waals surface area contributed by atoms with Crippen LogP contribution in [0.5, 0.6) is 0 Å². The van der Waals surface area contributed by atoms with Gasteiger partial charge in [-0.2, -0.15) is 0 Å². The van der Waals surface area contributed by atoms with E-state index in [4.69, 9.17) is 9.47 Å². The molecule has 3 rings (SSSR count). The van der Waals surface area contributed by atoms with Crippen molar-refractivity contribution in [1.82, 2.24) is 4.90 Å². The van der Waals surface area contributed by atoms with E-state index in [0.717, 1.165) is 5.56 Å². The lowest BCUT2D eigenvalue weighted by atomic mass is 9.80. The smallest absolute Gasteiger partial charge is 0.333 e. The number of amides is 1. The summed E-state index contributed by atoms with van der Waals surface area (Å²) in [6, 6.07) is 5.57. The molecule has 180 valence electrons. The average molecular weight is 479 g/mol. The highest BCUT2D eigenvalue weighted by Crippen LogP contribution is 2.55. The zero-order valence-corrected chi connectivity index (χ0v) is 20.5. The molecule has 0 bridgehead atoms. The van der Waals surface area contributed by atoms with Crippen LogP contribution in [0.1, 0.15) is 47.1 Å². The van der Waals surface area contributed by atoms with Gasteiger partial charge in [0.2, 0.25) is 12.7 Å². The van der Waals surface area contributed by atoms with Crippen LogP contribution < -0.4 is 0 Å². The van der Waals surface area contributed by atoms with E-state index in [9.17, 15) is 24.5 Å². The van der Waals surface area contributed by atoms with E-state index in [1.807, 2.05) is 20.8 Å². The van der Waals surface area contributed by atoms with E-state index in [-0.39, 0.29) is 28.8 Å². The van der Waals surface area contributed by atoms with Crippen molar-refractivity contribution in [3.8, 4) is 0 Å². The van der Waals surface area contributed by atoms with E-state index in [1.54, 1.807) is 49.6 Å². The third-order valence-electron chi connectivity index (χ3n) is 6.03. The molecule has 10 heteroatoms. The predicted molar refractivity (Wildman–Crippen MR) is 122 cm³/mol. The SMILES string of the molecule is CC(Cc1ccc([N+](=O)[O-])cc1)[C@H]1C(=O)N2[C@@H]1SC(C)(C)[C@@H]2C(=O)OCOC(=O)C(C)(C)C. The van der Waals surface area contributed by atoms with E-state index in [2.05, 4.69) is 0 Å². The van der Waals surface area contributed by atoms with Crippen molar-refractivity contribution < 1.29 is 28.8 Å². The fourth-order valence-electron chi connectivity index (χ4n) is 4.24. The second-order valence-corrected chi connectivity index (χ2v) is 11.9. The molecule has 1 unspecified atom stereocenters. The van der Waals surface area contributed by atoms with Crippen LogP contribution in [0.4, 0.5) is 5.69 Å². The third-order valence-corrected chi connectivity index (χ3v) is 7.62. The molecule has 1 aromatic carbocycles. The summed E-state index contributed by atoms with van der Waals surface area (Å²) in [4.78, 5) is 49.7. The first kappa shape index (κ1) is 25.0. The molecule has 2 heterocycles. The molecule has 0 aromatic heterocycles. The number of hydrogen-bond donors (Lipinski definition) is 0. The normalized spacial score (nSPS) is 24.5. The molecule has 0 aliphatic carbocycles. The Morgan fingerprint density at radius 2 is 1.82 bits per heavy atom. The van der Waals surface area contributed by atoms with Gasteiger partial charge in [-0.15, -0.1) is 11.8 Å². The molecule has 0 N–H and O–H groups in total. The maximum Gasteiger partial charge on any atom is 0.333 e. The van der Waals surface area contributed by atoms with Gasteiger partial charge < -0.3 is 14.4 Å². The summed E-state index contributed by atoms with van der Waals surface area (Å²) in [6.45, 7) is 10.4. The van der Waals surface area contributed by atoms with Gasteiger partial charge in [-0.25, -0.2) is 4.79 Å². The Kier molecular flexibility index (Phi) is 6.79. The van der Waals surface area contributed by atoms with Gasteiger partial charge in [-0.3, -0.25) is 19.7 Å². The van der Waals surface area contributed by atoms with Crippen LogP contribution >= 0.6 is 11.8 Å². The molecule has 2 aliphatic heterocycles. The number of benzene rings is 1. The molecule has 2 fully saturated rings. The van der Waals surface area contributed by atoms with Gasteiger partial charge in [-0.05, 0) is 52.5 Å². The van der Waals surface area contributed by atoms with Gasteiger partial charge in [0.25, 0.3) is 5.69 Å². The summed E-state index contributed by atoms with van der Waals surface area (Å²) < 4.78 is 9.67. The molecule has 2 aliphatic rings. The number of carbonyl (C=O) groups excluding carboxylic acids is 3. The number of hydrogen-bond acceptors (Lipinski definition) is 8. The Balaban J connectivity index is 1.63. The van der Waals surface area contributed by atoms with Crippen molar-refractivity contribution in [3.63, 3.8) is 0 Å². The quantitative estimate of drug-likeness (QED) is 0.192. The van der Waals surface area contributed by atoms with Crippen LogP contribution in [0.3, 0.4) is 0 Å². The summed E-state index contributed by atoms with van der Waals surface area (Å²) in [5, 5.41) is 10.7. The number of esters is 2. The lowest BCUT2D eigenvalue weighted by Gasteiger charge is -2.46. The van der Waals surface area contributed by atoms with Crippen molar-refractivity contribution in [2.45, 2.75) is 64.1 Å². The number of ether oxygens (including phenoxy) is 2. The zero-order valence-electron chi connectivity index (χ0n) is 19.7. The summed E-state index contributed by atoms with van der Waals surface area (Å²) >= 11 is 1.56. The Morgan fingerprint density at radius 1 is 1.21 bits per heavy atom. The predicted octanol–water partition coefficient (Wildman–Crippen LogP) is 3.54. The number of non-ortho nitro benzene ring substituents is 1. The van der Waals surface area contributed by atoms with Crippen molar-refractivity contribution >= 4 is 35.3 Å². The Hall–Kier alpha value is -2.62. The largest absolute Gasteiger partial charge is 0.427 e. The van der Waals surface area contributed by atoms with Crippen molar-refractivity contribution in [1.29, 1.82) is 0 Å². The second-order valence-electron chi connectivity index (χ2n) is 10.2. The zero-order chi connectivity index (χ0) is 24.7. The number of thioether (sulfide) groups is 1. The fraction of sp³-hybridized carbons (Fsp3) is 0.609. The number of rotatable bonds is 7. The minimum absolute atomic E-state index is 0.00832. The Morgan fingerprint density at radius 3 is 2.36 bits per heavy atom. The van der Waals surface area contributed by atoms with Crippen LogP contribution in [0.15, 0.2) is 24.3 Å². The third kappa shape index (κ3) is 5.00. The second kappa shape index (κ2) is 8.96. The molecule has 4 atom stereocenters. The molecule has 0 radical (unpaired) electrons. The molecular formula is C23H30N2O7S. The number of carbonyl (C=O) groups is 3. The van der Waals surface area contributed by atoms with Crippen molar-refractivity contribution in [3.05, 3.63) is 39.9 Å². The monoisotopic (exact) mass is 478 g/mol. The summed E-state index contributed by atoms with van der Waals surface area (Å²) in [6.07, 6.45) is 0.595.